The molecule has 0 unspecified atom stereocenters. The average Bonchev–Trinajstić information content (AvgIpc) is 2.60. The highest BCUT2D eigenvalue weighted by Crippen LogP contribution is 2.21. The molecule has 0 atom stereocenters. The summed E-state index contributed by atoms with van der Waals surface area (Å²) in [6, 6.07) is 10.3. The van der Waals surface area contributed by atoms with Gasteiger partial charge in [-0.15, -0.1) is 0 Å². The van der Waals surface area contributed by atoms with E-state index in [0.29, 0.717) is 0 Å². The van der Waals surface area contributed by atoms with Gasteiger partial charge in [-0.1, -0.05) is 29.8 Å². The quantitative estimate of drug-likeness (QED) is 0.892. The molecule has 2 rings (SSSR count). The Labute approximate surface area is 114 Å². The van der Waals surface area contributed by atoms with Crippen molar-refractivity contribution in [2.75, 3.05) is 7.05 Å². The van der Waals surface area contributed by atoms with Crippen LogP contribution in [0.5, 0.6) is 0 Å². The number of nitrogens with zero attached hydrogens (tertiary/aromatic N) is 1. The molecule has 0 spiro atoms. The normalized spacial score (nSPS) is 10.9. The molecule has 0 fully saturated rings. The highest BCUT2D eigenvalue weighted by molar-refractivity contribution is 6.31. The van der Waals surface area contributed by atoms with Crippen LogP contribution in [0.25, 0.3) is 0 Å². The van der Waals surface area contributed by atoms with Gasteiger partial charge in [0.15, 0.2) is 0 Å². The van der Waals surface area contributed by atoms with Crippen molar-refractivity contribution in [1.82, 2.24) is 9.88 Å². The van der Waals surface area contributed by atoms with Crippen molar-refractivity contribution in [3.63, 3.8) is 0 Å². The number of nitrogens with one attached hydrogen (secondary N) is 1. The summed E-state index contributed by atoms with van der Waals surface area (Å²) in [4.78, 5) is 0. The second kappa shape index (κ2) is 5.59. The number of aromatic nitrogens is 1. The SMILES string of the molecule is CNCc1cc(C)n(Cc2ccccc2Cl)c1C. The number of rotatable bonds is 4. The summed E-state index contributed by atoms with van der Waals surface area (Å²) in [5, 5.41) is 4.03. The van der Waals surface area contributed by atoms with Crippen LogP contribution >= 0.6 is 11.6 Å². The predicted molar refractivity (Wildman–Crippen MR) is 77.2 cm³/mol. The molecule has 0 saturated heterocycles. The van der Waals surface area contributed by atoms with E-state index in [2.05, 4.69) is 35.9 Å². The van der Waals surface area contributed by atoms with Crippen molar-refractivity contribution < 1.29 is 0 Å². The van der Waals surface area contributed by atoms with Crippen LogP contribution in [-0.4, -0.2) is 11.6 Å². The van der Waals surface area contributed by atoms with Crippen molar-refractivity contribution in [3.05, 3.63) is 57.9 Å². The lowest BCUT2D eigenvalue weighted by atomic mass is 10.2. The lowest BCUT2D eigenvalue weighted by Crippen LogP contribution is -2.08. The van der Waals surface area contributed by atoms with E-state index in [-0.39, 0.29) is 0 Å². The topological polar surface area (TPSA) is 17.0 Å². The van der Waals surface area contributed by atoms with Gasteiger partial charge in [0, 0.05) is 29.5 Å². The van der Waals surface area contributed by atoms with Gasteiger partial charge in [0.2, 0.25) is 0 Å². The Bertz CT molecular complexity index is 543. The third-order valence-electron chi connectivity index (χ3n) is 3.33. The average molecular weight is 263 g/mol. The zero-order chi connectivity index (χ0) is 13.1. The molecule has 0 aliphatic heterocycles. The molecule has 0 bridgehead atoms. The van der Waals surface area contributed by atoms with E-state index >= 15 is 0 Å². The summed E-state index contributed by atoms with van der Waals surface area (Å²) in [5.41, 5.74) is 5.10. The second-order valence-electron chi connectivity index (χ2n) is 4.60. The Morgan fingerprint density at radius 1 is 1.17 bits per heavy atom. The molecule has 0 amide bonds. The van der Waals surface area contributed by atoms with E-state index in [1.54, 1.807) is 0 Å². The molecular weight excluding hydrogens is 244 g/mol. The number of hydrogen-bond acceptors (Lipinski definition) is 1. The highest BCUT2D eigenvalue weighted by Gasteiger charge is 2.09. The third-order valence-corrected chi connectivity index (χ3v) is 3.70. The second-order valence-corrected chi connectivity index (χ2v) is 5.01. The van der Waals surface area contributed by atoms with Crippen molar-refractivity contribution in [3.8, 4) is 0 Å². The molecule has 1 aromatic carbocycles. The van der Waals surface area contributed by atoms with Crippen LogP contribution in [0.15, 0.2) is 30.3 Å². The Kier molecular flexibility index (Phi) is 4.10. The monoisotopic (exact) mass is 262 g/mol. The molecule has 1 aromatic heterocycles. The van der Waals surface area contributed by atoms with Gasteiger partial charge in [-0.05, 0) is 44.2 Å². The minimum atomic E-state index is 0.833. The molecule has 0 radical (unpaired) electrons. The third kappa shape index (κ3) is 2.60. The van der Waals surface area contributed by atoms with Gasteiger partial charge in [0.25, 0.3) is 0 Å². The van der Waals surface area contributed by atoms with Crippen molar-refractivity contribution in [2.45, 2.75) is 26.9 Å². The fourth-order valence-corrected chi connectivity index (χ4v) is 2.48. The van der Waals surface area contributed by atoms with Crippen LogP contribution in [0.2, 0.25) is 5.02 Å². The molecule has 2 nitrogen and oxygen atoms in total. The maximum atomic E-state index is 6.22. The summed E-state index contributed by atoms with van der Waals surface area (Å²) in [6.07, 6.45) is 0. The number of aryl methyl sites for hydroxylation is 1. The van der Waals surface area contributed by atoms with E-state index in [0.717, 1.165) is 23.7 Å². The van der Waals surface area contributed by atoms with Crippen molar-refractivity contribution in [1.29, 1.82) is 0 Å². The summed E-state index contributed by atoms with van der Waals surface area (Å²) >= 11 is 6.22. The zero-order valence-electron chi connectivity index (χ0n) is 11.1. The first-order valence-corrected chi connectivity index (χ1v) is 6.55. The zero-order valence-corrected chi connectivity index (χ0v) is 11.9. The van der Waals surface area contributed by atoms with E-state index in [9.17, 15) is 0 Å². The minimum Gasteiger partial charge on any atom is -0.344 e. The van der Waals surface area contributed by atoms with Crippen LogP contribution in [0.4, 0.5) is 0 Å². The molecule has 18 heavy (non-hydrogen) atoms. The largest absolute Gasteiger partial charge is 0.344 e. The van der Waals surface area contributed by atoms with E-state index in [4.69, 9.17) is 11.6 Å². The summed E-state index contributed by atoms with van der Waals surface area (Å²) in [5.74, 6) is 0. The van der Waals surface area contributed by atoms with Gasteiger partial charge < -0.3 is 9.88 Å². The molecule has 0 aliphatic rings. The fraction of sp³-hybridized carbons (Fsp3) is 0.333. The molecule has 2 aromatic rings. The van der Waals surface area contributed by atoms with Crippen LogP contribution in [0.1, 0.15) is 22.5 Å². The molecular formula is C15H19ClN2. The summed E-state index contributed by atoms with van der Waals surface area (Å²) in [7, 11) is 1.97. The van der Waals surface area contributed by atoms with Crippen LogP contribution in [0, 0.1) is 13.8 Å². The van der Waals surface area contributed by atoms with Crippen molar-refractivity contribution in [2.24, 2.45) is 0 Å². The van der Waals surface area contributed by atoms with Crippen LogP contribution in [0.3, 0.4) is 0 Å². The predicted octanol–water partition coefficient (Wildman–Crippen LogP) is 3.53. The van der Waals surface area contributed by atoms with Crippen molar-refractivity contribution >= 4 is 11.6 Å². The maximum absolute atomic E-state index is 6.22. The Balaban J connectivity index is 2.32. The van der Waals surface area contributed by atoms with E-state index < -0.39 is 0 Å². The number of hydrogen-bond donors (Lipinski definition) is 1. The molecule has 1 heterocycles. The molecule has 0 aliphatic carbocycles. The maximum Gasteiger partial charge on any atom is 0.0490 e. The van der Waals surface area contributed by atoms with E-state index in [1.165, 1.54) is 17.0 Å². The van der Waals surface area contributed by atoms with Gasteiger partial charge >= 0.3 is 0 Å². The van der Waals surface area contributed by atoms with Crippen LogP contribution < -0.4 is 5.32 Å². The molecule has 0 saturated carbocycles. The van der Waals surface area contributed by atoms with Crippen LogP contribution in [-0.2, 0) is 13.1 Å². The van der Waals surface area contributed by atoms with E-state index in [1.807, 2.05) is 25.2 Å². The van der Waals surface area contributed by atoms with Gasteiger partial charge in [-0.25, -0.2) is 0 Å². The molecule has 1 N–H and O–H groups in total. The Morgan fingerprint density at radius 2 is 1.89 bits per heavy atom. The minimum absolute atomic E-state index is 0.833. The Morgan fingerprint density at radius 3 is 2.56 bits per heavy atom. The van der Waals surface area contributed by atoms with Gasteiger partial charge in [0.05, 0.1) is 0 Å². The first-order valence-electron chi connectivity index (χ1n) is 6.17. The summed E-state index contributed by atoms with van der Waals surface area (Å²) < 4.78 is 2.31. The molecule has 96 valence electrons. The lowest BCUT2D eigenvalue weighted by molar-refractivity contribution is 0.735. The Hall–Kier alpha value is -1.25. The van der Waals surface area contributed by atoms with Gasteiger partial charge in [-0.2, -0.15) is 0 Å². The highest BCUT2D eigenvalue weighted by atomic mass is 35.5. The standard InChI is InChI=1S/C15H19ClN2/c1-11-8-14(9-17-3)12(2)18(11)10-13-6-4-5-7-15(13)16/h4-8,17H,9-10H2,1-3H3. The smallest absolute Gasteiger partial charge is 0.0490 e. The summed E-state index contributed by atoms with van der Waals surface area (Å²) in [6.45, 7) is 6.04. The molecule has 3 heteroatoms. The number of halogens is 1. The van der Waals surface area contributed by atoms with Gasteiger partial charge in [-0.3, -0.25) is 0 Å². The first kappa shape index (κ1) is 13.2. The lowest BCUT2D eigenvalue weighted by Gasteiger charge is -2.11. The number of benzene rings is 1. The first-order chi connectivity index (χ1) is 8.63. The van der Waals surface area contributed by atoms with Gasteiger partial charge in [0.1, 0.15) is 0 Å². The fourth-order valence-electron chi connectivity index (χ4n) is 2.28.